The minimum atomic E-state index is -0.0109. The fourth-order valence-corrected chi connectivity index (χ4v) is 2.82. The smallest absolute Gasteiger partial charge is 0.259 e. The summed E-state index contributed by atoms with van der Waals surface area (Å²) in [5.74, 6) is -0.0109. The summed E-state index contributed by atoms with van der Waals surface area (Å²) in [6.45, 7) is 0. The molecule has 2 aromatic carbocycles. The quantitative estimate of drug-likeness (QED) is 0.619. The molecule has 3 aromatic rings. The van der Waals surface area contributed by atoms with Crippen molar-refractivity contribution in [2.24, 2.45) is 0 Å². The number of nitrogens with zero attached hydrogens (tertiary/aromatic N) is 2. The highest BCUT2D eigenvalue weighted by atomic mass is 127. The van der Waals surface area contributed by atoms with E-state index in [1.165, 1.54) is 0 Å². The Morgan fingerprint density at radius 1 is 1.10 bits per heavy atom. The van der Waals surface area contributed by atoms with Crippen LogP contribution in [0.25, 0.3) is 10.9 Å². The molecule has 1 amide bonds. The van der Waals surface area contributed by atoms with E-state index >= 15 is 0 Å². The van der Waals surface area contributed by atoms with Gasteiger partial charge in [0.1, 0.15) is 0 Å². The molecule has 0 saturated heterocycles. The van der Waals surface area contributed by atoms with E-state index in [0.717, 1.165) is 20.2 Å². The van der Waals surface area contributed by atoms with E-state index < -0.39 is 0 Å². The van der Waals surface area contributed by atoms with Gasteiger partial charge in [0.15, 0.2) is 0 Å². The molecular formula is C17H13IN2O. The predicted molar refractivity (Wildman–Crippen MR) is 93.6 cm³/mol. The number of carbonyl (C=O) groups is 1. The van der Waals surface area contributed by atoms with Gasteiger partial charge in [0, 0.05) is 27.9 Å². The minimum Gasteiger partial charge on any atom is -0.311 e. The second-order valence-corrected chi connectivity index (χ2v) is 5.89. The number of pyridine rings is 1. The topological polar surface area (TPSA) is 33.2 Å². The largest absolute Gasteiger partial charge is 0.311 e. The maximum atomic E-state index is 12.6. The van der Waals surface area contributed by atoms with Crippen LogP contribution in [0.2, 0.25) is 0 Å². The average Bonchev–Trinajstić information content (AvgIpc) is 2.53. The van der Waals surface area contributed by atoms with Gasteiger partial charge in [-0.05, 0) is 59.0 Å². The van der Waals surface area contributed by atoms with Crippen molar-refractivity contribution >= 4 is 45.1 Å². The number of rotatable bonds is 2. The maximum absolute atomic E-state index is 12.6. The standard InChI is InChI=1S/C17H13IN2O/c1-20(17(21)14-6-2-3-7-15(14)18)13-8-9-16-12(11-13)5-4-10-19-16/h2-11H,1H3. The molecule has 4 heteroatoms. The number of anilines is 1. The van der Waals surface area contributed by atoms with Crippen molar-refractivity contribution in [3.05, 3.63) is 69.9 Å². The van der Waals surface area contributed by atoms with Crippen LogP contribution in [0.4, 0.5) is 5.69 Å². The summed E-state index contributed by atoms with van der Waals surface area (Å²) in [4.78, 5) is 18.6. The third-order valence-corrected chi connectivity index (χ3v) is 4.32. The molecular weight excluding hydrogens is 375 g/mol. The zero-order chi connectivity index (χ0) is 14.8. The third kappa shape index (κ3) is 2.76. The van der Waals surface area contributed by atoms with Crippen molar-refractivity contribution in [3.8, 4) is 0 Å². The zero-order valence-corrected chi connectivity index (χ0v) is 13.6. The molecule has 0 radical (unpaired) electrons. The molecule has 0 spiro atoms. The Bertz CT molecular complexity index is 817. The second-order valence-electron chi connectivity index (χ2n) is 4.72. The Morgan fingerprint density at radius 2 is 1.90 bits per heavy atom. The van der Waals surface area contributed by atoms with E-state index in [9.17, 15) is 4.79 Å². The van der Waals surface area contributed by atoms with Crippen molar-refractivity contribution in [2.75, 3.05) is 11.9 Å². The van der Waals surface area contributed by atoms with Gasteiger partial charge in [0.2, 0.25) is 0 Å². The summed E-state index contributed by atoms with van der Waals surface area (Å²) in [5, 5.41) is 1.03. The number of aromatic nitrogens is 1. The van der Waals surface area contributed by atoms with Gasteiger partial charge < -0.3 is 4.90 Å². The van der Waals surface area contributed by atoms with Gasteiger partial charge in [-0.3, -0.25) is 9.78 Å². The summed E-state index contributed by atoms with van der Waals surface area (Å²) >= 11 is 2.19. The van der Waals surface area contributed by atoms with Crippen molar-refractivity contribution < 1.29 is 4.79 Å². The number of amides is 1. The first-order chi connectivity index (χ1) is 10.2. The first kappa shape index (κ1) is 14.0. The Morgan fingerprint density at radius 3 is 2.71 bits per heavy atom. The number of carbonyl (C=O) groups excluding carboxylic acids is 1. The zero-order valence-electron chi connectivity index (χ0n) is 11.5. The van der Waals surface area contributed by atoms with Gasteiger partial charge in [-0.1, -0.05) is 18.2 Å². The fourth-order valence-electron chi connectivity index (χ4n) is 2.20. The monoisotopic (exact) mass is 388 g/mol. The molecule has 1 aromatic heterocycles. The SMILES string of the molecule is CN(C(=O)c1ccccc1I)c1ccc2ncccc2c1. The number of benzene rings is 2. The Hall–Kier alpha value is -1.95. The van der Waals surface area contributed by atoms with Crippen LogP contribution in [0.5, 0.6) is 0 Å². The maximum Gasteiger partial charge on any atom is 0.259 e. The molecule has 0 atom stereocenters. The Balaban J connectivity index is 1.98. The van der Waals surface area contributed by atoms with Crippen LogP contribution in [-0.2, 0) is 0 Å². The van der Waals surface area contributed by atoms with Crippen molar-refractivity contribution in [1.82, 2.24) is 4.98 Å². The van der Waals surface area contributed by atoms with Crippen molar-refractivity contribution in [2.45, 2.75) is 0 Å². The van der Waals surface area contributed by atoms with E-state index in [2.05, 4.69) is 27.6 Å². The van der Waals surface area contributed by atoms with Crippen LogP contribution in [0.3, 0.4) is 0 Å². The summed E-state index contributed by atoms with van der Waals surface area (Å²) in [6, 6.07) is 17.3. The van der Waals surface area contributed by atoms with Crippen LogP contribution >= 0.6 is 22.6 Å². The van der Waals surface area contributed by atoms with Crippen LogP contribution < -0.4 is 4.90 Å². The number of halogens is 1. The van der Waals surface area contributed by atoms with Gasteiger partial charge in [-0.25, -0.2) is 0 Å². The first-order valence-electron chi connectivity index (χ1n) is 6.54. The Kier molecular flexibility index (Phi) is 3.88. The molecule has 0 bridgehead atoms. The summed E-state index contributed by atoms with van der Waals surface area (Å²) in [7, 11) is 1.79. The number of hydrogen-bond acceptors (Lipinski definition) is 2. The average molecular weight is 388 g/mol. The molecule has 0 aliphatic heterocycles. The molecule has 3 nitrogen and oxygen atoms in total. The van der Waals surface area contributed by atoms with E-state index in [0.29, 0.717) is 5.56 Å². The molecule has 0 aliphatic carbocycles. The van der Waals surface area contributed by atoms with E-state index in [1.807, 2.05) is 54.6 Å². The van der Waals surface area contributed by atoms with Gasteiger partial charge in [0.05, 0.1) is 11.1 Å². The molecule has 0 N–H and O–H groups in total. The van der Waals surface area contributed by atoms with Crippen LogP contribution in [0.15, 0.2) is 60.8 Å². The number of hydrogen-bond donors (Lipinski definition) is 0. The van der Waals surface area contributed by atoms with Crippen molar-refractivity contribution in [3.63, 3.8) is 0 Å². The molecule has 3 rings (SSSR count). The van der Waals surface area contributed by atoms with Crippen LogP contribution in [-0.4, -0.2) is 17.9 Å². The lowest BCUT2D eigenvalue weighted by molar-refractivity contribution is 0.0992. The van der Waals surface area contributed by atoms with E-state index in [4.69, 9.17) is 0 Å². The van der Waals surface area contributed by atoms with Crippen LogP contribution in [0.1, 0.15) is 10.4 Å². The summed E-state index contributed by atoms with van der Waals surface area (Å²) < 4.78 is 0.953. The molecule has 104 valence electrons. The lowest BCUT2D eigenvalue weighted by Gasteiger charge is -2.18. The summed E-state index contributed by atoms with van der Waals surface area (Å²) in [6.07, 6.45) is 1.77. The van der Waals surface area contributed by atoms with Crippen LogP contribution in [0, 0.1) is 3.57 Å². The van der Waals surface area contributed by atoms with Gasteiger partial charge >= 0.3 is 0 Å². The van der Waals surface area contributed by atoms with Gasteiger partial charge in [0.25, 0.3) is 5.91 Å². The highest BCUT2D eigenvalue weighted by Crippen LogP contribution is 2.22. The fraction of sp³-hybridized carbons (Fsp3) is 0.0588. The third-order valence-electron chi connectivity index (χ3n) is 3.38. The van der Waals surface area contributed by atoms with Gasteiger partial charge in [-0.15, -0.1) is 0 Å². The lowest BCUT2D eigenvalue weighted by Crippen LogP contribution is -2.26. The van der Waals surface area contributed by atoms with E-state index in [-0.39, 0.29) is 5.91 Å². The molecule has 1 heterocycles. The molecule has 0 fully saturated rings. The normalized spacial score (nSPS) is 10.6. The second kappa shape index (κ2) is 5.81. The van der Waals surface area contributed by atoms with E-state index in [1.54, 1.807) is 18.1 Å². The lowest BCUT2D eigenvalue weighted by atomic mass is 10.1. The highest BCUT2D eigenvalue weighted by molar-refractivity contribution is 14.1. The predicted octanol–water partition coefficient (Wildman–Crippen LogP) is 4.12. The minimum absolute atomic E-state index is 0.0109. The molecule has 21 heavy (non-hydrogen) atoms. The highest BCUT2D eigenvalue weighted by Gasteiger charge is 2.16. The van der Waals surface area contributed by atoms with Crippen molar-refractivity contribution in [1.29, 1.82) is 0 Å². The molecule has 0 unspecified atom stereocenters. The van der Waals surface area contributed by atoms with Gasteiger partial charge in [-0.2, -0.15) is 0 Å². The summed E-state index contributed by atoms with van der Waals surface area (Å²) in [5.41, 5.74) is 2.50. The Labute approximate surface area is 136 Å². The molecule has 0 aliphatic rings. The molecule has 0 saturated carbocycles. The first-order valence-corrected chi connectivity index (χ1v) is 7.62. The number of fused-ring (bicyclic) bond motifs is 1.